The zero-order valence-corrected chi connectivity index (χ0v) is 9.92. The maximum absolute atomic E-state index is 6.42. The number of fused-ring (bicyclic) bond motifs is 2. The number of unbranched alkanes of at least 4 members (excludes halogenated alkanes) is 1. The molecule has 3 unspecified atom stereocenters. The zero-order chi connectivity index (χ0) is 10.9. The van der Waals surface area contributed by atoms with Crippen molar-refractivity contribution in [3.05, 3.63) is 0 Å². The molecule has 2 bridgehead atoms. The molecule has 15 heavy (non-hydrogen) atoms. The molecule has 0 aliphatic heterocycles. The third-order valence-corrected chi connectivity index (χ3v) is 4.13. The Balaban J connectivity index is 2.02. The van der Waals surface area contributed by atoms with E-state index in [1.807, 2.05) is 0 Å². The second-order valence-corrected chi connectivity index (χ2v) is 5.13. The Morgan fingerprint density at radius 1 is 1.40 bits per heavy atom. The molecule has 3 heteroatoms. The summed E-state index contributed by atoms with van der Waals surface area (Å²) in [7, 11) is 1.74. The average molecular weight is 213 g/mol. The van der Waals surface area contributed by atoms with E-state index in [2.05, 4.69) is 6.92 Å². The van der Waals surface area contributed by atoms with Gasteiger partial charge in [0.2, 0.25) is 0 Å². The summed E-state index contributed by atoms with van der Waals surface area (Å²) >= 11 is 0. The molecule has 2 aliphatic carbocycles. The summed E-state index contributed by atoms with van der Waals surface area (Å²) in [6.07, 6.45) is 6.61. The van der Waals surface area contributed by atoms with Gasteiger partial charge in [0.05, 0.1) is 12.1 Å². The first-order valence-electron chi connectivity index (χ1n) is 6.14. The predicted molar refractivity (Wildman–Crippen MR) is 59.5 cm³/mol. The van der Waals surface area contributed by atoms with Crippen molar-refractivity contribution >= 4 is 0 Å². The number of nitrogens with two attached hydrogens (primary N) is 1. The number of hydrogen-bond acceptors (Lipinski definition) is 3. The summed E-state index contributed by atoms with van der Waals surface area (Å²) < 4.78 is 11.6. The summed E-state index contributed by atoms with van der Waals surface area (Å²) in [6.45, 7) is 2.94. The molecule has 88 valence electrons. The Labute approximate surface area is 92.3 Å². The molecule has 2 aliphatic rings. The van der Waals surface area contributed by atoms with Gasteiger partial charge in [0.25, 0.3) is 0 Å². The molecule has 0 aromatic carbocycles. The highest BCUT2D eigenvalue weighted by atomic mass is 16.7. The van der Waals surface area contributed by atoms with Crippen LogP contribution in [0.1, 0.15) is 45.4 Å². The van der Waals surface area contributed by atoms with Gasteiger partial charge in [0.1, 0.15) is 0 Å². The summed E-state index contributed by atoms with van der Waals surface area (Å²) in [5.74, 6) is 0.238. The third-order valence-electron chi connectivity index (χ3n) is 4.13. The average Bonchev–Trinajstić information content (AvgIpc) is 2.72. The number of hydrogen-bond donors (Lipinski definition) is 1. The molecule has 0 saturated heterocycles. The van der Waals surface area contributed by atoms with Crippen LogP contribution in [-0.4, -0.2) is 25.0 Å². The standard InChI is InChI=1S/C12H23NO2/c1-3-4-7-15-12(14-2)9-10-5-6-11(12,13)8-10/h10H,3-9,13H2,1-2H3. The van der Waals surface area contributed by atoms with Crippen LogP contribution in [-0.2, 0) is 9.47 Å². The van der Waals surface area contributed by atoms with Crippen LogP contribution < -0.4 is 5.73 Å². The minimum atomic E-state index is -0.481. The number of rotatable bonds is 5. The molecule has 2 fully saturated rings. The van der Waals surface area contributed by atoms with Gasteiger partial charge >= 0.3 is 0 Å². The lowest BCUT2D eigenvalue weighted by molar-refractivity contribution is -0.257. The molecule has 0 spiro atoms. The van der Waals surface area contributed by atoms with E-state index < -0.39 is 5.79 Å². The maximum Gasteiger partial charge on any atom is 0.186 e. The highest BCUT2D eigenvalue weighted by Crippen LogP contribution is 2.54. The lowest BCUT2D eigenvalue weighted by Crippen LogP contribution is -2.59. The summed E-state index contributed by atoms with van der Waals surface area (Å²) in [5.41, 5.74) is 6.20. The van der Waals surface area contributed by atoms with E-state index >= 15 is 0 Å². The zero-order valence-electron chi connectivity index (χ0n) is 9.92. The lowest BCUT2D eigenvalue weighted by Gasteiger charge is -2.42. The molecular weight excluding hydrogens is 190 g/mol. The Morgan fingerprint density at radius 3 is 2.67 bits per heavy atom. The van der Waals surface area contributed by atoms with Gasteiger partial charge in [0.15, 0.2) is 5.79 Å². The van der Waals surface area contributed by atoms with E-state index in [1.54, 1.807) is 7.11 Å². The van der Waals surface area contributed by atoms with Crippen LogP contribution in [0, 0.1) is 5.92 Å². The maximum atomic E-state index is 6.42. The van der Waals surface area contributed by atoms with E-state index in [9.17, 15) is 0 Å². The molecule has 2 rings (SSSR count). The van der Waals surface area contributed by atoms with Crippen LogP contribution in [0.5, 0.6) is 0 Å². The molecule has 0 aromatic heterocycles. The van der Waals surface area contributed by atoms with Gasteiger partial charge < -0.3 is 15.2 Å². The van der Waals surface area contributed by atoms with Gasteiger partial charge in [-0.15, -0.1) is 0 Å². The molecule has 0 aromatic rings. The molecule has 0 radical (unpaired) electrons. The summed E-state index contributed by atoms with van der Waals surface area (Å²) in [5, 5.41) is 0. The first kappa shape index (κ1) is 11.4. The minimum absolute atomic E-state index is 0.222. The molecule has 3 atom stereocenters. The normalized spacial score (nSPS) is 43.8. The number of methoxy groups -OCH3 is 1. The summed E-state index contributed by atoms with van der Waals surface area (Å²) in [6, 6.07) is 0. The highest BCUT2D eigenvalue weighted by Gasteiger charge is 2.61. The van der Waals surface area contributed by atoms with Crippen LogP contribution in [0.2, 0.25) is 0 Å². The van der Waals surface area contributed by atoms with Crippen molar-refractivity contribution < 1.29 is 9.47 Å². The predicted octanol–water partition coefficient (Wildman–Crippen LogP) is 2.05. The molecular formula is C12H23NO2. The highest BCUT2D eigenvalue weighted by molar-refractivity contribution is 5.12. The van der Waals surface area contributed by atoms with E-state index in [0.717, 1.165) is 44.6 Å². The Morgan fingerprint density at radius 2 is 2.20 bits per heavy atom. The van der Waals surface area contributed by atoms with Crippen molar-refractivity contribution in [3.63, 3.8) is 0 Å². The first-order valence-corrected chi connectivity index (χ1v) is 6.14. The lowest BCUT2D eigenvalue weighted by atomic mass is 9.87. The van der Waals surface area contributed by atoms with E-state index in [-0.39, 0.29) is 5.54 Å². The summed E-state index contributed by atoms with van der Waals surface area (Å²) in [4.78, 5) is 0. The van der Waals surface area contributed by atoms with Crippen molar-refractivity contribution in [1.82, 2.24) is 0 Å². The fourth-order valence-corrected chi connectivity index (χ4v) is 3.21. The van der Waals surface area contributed by atoms with Crippen molar-refractivity contribution in [1.29, 1.82) is 0 Å². The van der Waals surface area contributed by atoms with Crippen LogP contribution in [0.25, 0.3) is 0 Å². The molecule has 3 nitrogen and oxygen atoms in total. The van der Waals surface area contributed by atoms with Crippen molar-refractivity contribution in [2.24, 2.45) is 11.7 Å². The number of ether oxygens (including phenoxy) is 2. The van der Waals surface area contributed by atoms with Gasteiger partial charge in [-0.05, 0) is 31.6 Å². The van der Waals surface area contributed by atoms with E-state index in [0.29, 0.717) is 0 Å². The van der Waals surface area contributed by atoms with Crippen molar-refractivity contribution in [2.45, 2.75) is 56.8 Å². The van der Waals surface area contributed by atoms with Gasteiger partial charge in [-0.25, -0.2) is 0 Å². The van der Waals surface area contributed by atoms with Crippen molar-refractivity contribution in [2.75, 3.05) is 13.7 Å². The smallest absolute Gasteiger partial charge is 0.186 e. The fraction of sp³-hybridized carbons (Fsp3) is 1.00. The molecule has 0 amide bonds. The second-order valence-electron chi connectivity index (χ2n) is 5.13. The van der Waals surface area contributed by atoms with Gasteiger partial charge in [-0.2, -0.15) is 0 Å². The van der Waals surface area contributed by atoms with Crippen molar-refractivity contribution in [3.8, 4) is 0 Å². The second kappa shape index (κ2) is 4.04. The topological polar surface area (TPSA) is 44.5 Å². The Bertz CT molecular complexity index is 234. The van der Waals surface area contributed by atoms with Crippen LogP contribution >= 0.6 is 0 Å². The van der Waals surface area contributed by atoms with Crippen LogP contribution in [0.4, 0.5) is 0 Å². The monoisotopic (exact) mass is 213 g/mol. The van der Waals surface area contributed by atoms with Gasteiger partial charge in [0, 0.05) is 13.5 Å². The Kier molecular flexibility index (Phi) is 3.06. The SMILES string of the molecule is CCCCOC1(OC)CC2CCC1(N)C2. The minimum Gasteiger partial charge on any atom is -0.351 e. The largest absolute Gasteiger partial charge is 0.351 e. The van der Waals surface area contributed by atoms with E-state index in [1.165, 1.54) is 6.42 Å². The quantitative estimate of drug-likeness (QED) is 0.561. The van der Waals surface area contributed by atoms with Gasteiger partial charge in [-0.1, -0.05) is 13.3 Å². The van der Waals surface area contributed by atoms with Gasteiger partial charge in [-0.3, -0.25) is 0 Å². The van der Waals surface area contributed by atoms with E-state index in [4.69, 9.17) is 15.2 Å². The Hall–Kier alpha value is -0.120. The first-order chi connectivity index (χ1) is 7.16. The fourth-order valence-electron chi connectivity index (χ4n) is 3.21. The van der Waals surface area contributed by atoms with Crippen LogP contribution in [0.15, 0.2) is 0 Å². The molecule has 2 N–H and O–H groups in total. The molecule has 0 heterocycles. The third kappa shape index (κ3) is 1.71. The van der Waals surface area contributed by atoms with Crippen LogP contribution in [0.3, 0.4) is 0 Å². The molecule has 2 saturated carbocycles.